The molecule has 0 saturated carbocycles. The average Bonchev–Trinajstić information content (AvgIpc) is 2.00. The molecule has 0 aromatic heterocycles. The maximum atomic E-state index is 10.8. The van der Waals surface area contributed by atoms with Gasteiger partial charge in [-0.3, -0.25) is 19.2 Å². The Bertz CT molecular complexity index is 266. The number of ketones is 2. The zero-order chi connectivity index (χ0) is 10.6. The average molecular weight is 188 g/mol. The molecule has 0 amide bonds. The second-order valence-corrected chi connectivity index (χ2v) is 2.42. The molecule has 0 aliphatic rings. The van der Waals surface area contributed by atoms with Crippen LogP contribution in [0.3, 0.4) is 0 Å². The highest BCUT2D eigenvalue weighted by atomic mass is 16.4. The Kier molecular flexibility index (Phi) is 3.77. The molecule has 0 bridgehead atoms. The fourth-order valence-electron chi connectivity index (χ4n) is 0.578. The third-order valence-corrected chi connectivity index (χ3v) is 1.35. The van der Waals surface area contributed by atoms with Gasteiger partial charge in [0.2, 0.25) is 11.6 Å². The van der Waals surface area contributed by atoms with Crippen molar-refractivity contribution in [1.82, 2.24) is 0 Å². The predicted octanol–water partition coefficient (Wildman–Crippen LogP) is -0.680. The van der Waals surface area contributed by atoms with E-state index in [1.165, 1.54) is 0 Å². The maximum Gasteiger partial charge on any atom is 0.314 e. The van der Waals surface area contributed by atoms with Crippen LogP contribution >= 0.6 is 0 Å². The Morgan fingerprint density at radius 3 is 1.92 bits per heavy atom. The first-order valence-corrected chi connectivity index (χ1v) is 3.38. The van der Waals surface area contributed by atoms with Crippen molar-refractivity contribution in [3.63, 3.8) is 0 Å². The topological polar surface area (TPSA) is 109 Å². The first kappa shape index (κ1) is 11.3. The number of hydrogen-bond acceptors (Lipinski definition) is 4. The fraction of sp³-hybridized carbons (Fsp3) is 0.429. The number of carboxylic acid groups (broad SMARTS) is 2. The summed E-state index contributed by atoms with van der Waals surface area (Å²) >= 11 is 0. The van der Waals surface area contributed by atoms with E-state index in [2.05, 4.69) is 0 Å². The number of aliphatic carboxylic acids is 2. The molecule has 0 radical (unpaired) electrons. The number of carbonyl (C=O) groups excluding carboxylic acids is 2. The van der Waals surface area contributed by atoms with Gasteiger partial charge in [-0.25, -0.2) is 0 Å². The molecule has 0 heterocycles. The molecule has 0 saturated heterocycles. The van der Waals surface area contributed by atoms with Crippen molar-refractivity contribution < 1.29 is 29.4 Å². The van der Waals surface area contributed by atoms with Gasteiger partial charge in [0.05, 0.1) is 0 Å². The van der Waals surface area contributed by atoms with E-state index in [9.17, 15) is 19.2 Å². The van der Waals surface area contributed by atoms with Crippen LogP contribution in [0.15, 0.2) is 0 Å². The minimum absolute atomic E-state index is 0.962. The van der Waals surface area contributed by atoms with Crippen molar-refractivity contribution in [3.05, 3.63) is 0 Å². The molecule has 0 aliphatic carbocycles. The molecule has 13 heavy (non-hydrogen) atoms. The van der Waals surface area contributed by atoms with Crippen LogP contribution in [-0.4, -0.2) is 33.7 Å². The van der Waals surface area contributed by atoms with Gasteiger partial charge < -0.3 is 10.2 Å². The molecule has 0 fully saturated rings. The molecule has 0 rings (SSSR count). The molecule has 6 nitrogen and oxygen atoms in total. The van der Waals surface area contributed by atoms with Crippen LogP contribution in [0, 0.1) is 5.92 Å². The standard InChI is InChI=1S/C7H8O6/c1-3(7(12)13)6(11)4(8)2-5(9)10/h3H,2H2,1H3,(H,9,10)(H,12,13). The van der Waals surface area contributed by atoms with Crippen LogP contribution < -0.4 is 0 Å². The van der Waals surface area contributed by atoms with E-state index in [0.29, 0.717) is 0 Å². The first-order valence-electron chi connectivity index (χ1n) is 3.38. The highest BCUT2D eigenvalue weighted by Gasteiger charge is 2.27. The predicted molar refractivity (Wildman–Crippen MR) is 39.1 cm³/mol. The third kappa shape index (κ3) is 3.46. The fourth-order valence-corrected chi connectivity index (χ4v) is 0.578. The molecule has 2 N–H and O–H groups in total. The summed E-state index contributed by atoms with van der Waals surface area (Å²) in [6, 6.07) is 0. The van der Waals surface area contributed by atoms with Crippen LogP contribution in [-0.2, 0) is 19.2 Å². The van der Waals surface area contributed by atoms with E-state index < -0.39 is 35.8 Å². The summed E-state index contributed by atoms with van der Waals surface area (Å²) in [5, 5.41) is 16.4. The van der Waals surface area contributed by atoms with Crippen LogP contribution in [0.2, 0.25) is 0 Å². The summed E-state index contributed by atoms with van der Waals surface area (Å²) in [5.41, 5.74) is 0. The Morgan fingerprint density at radius 1 is 1.15 bits per heavy atom. The van der Waals surface area contributed by atoms with Crippen LogP contribution in [0.25, 0.3) is 0 Å². The maximum absolute atomic E-state index is 10.8. The van der Waals surface area contributed by atoms with Crippen molar-refractivity contribution in [1.29, 1.82) is 0 Å². The van der Waals surface area contributed by atoms with Crippen LogP contribution in [0.4, 0.5) is 0 Å². The molecule has 0 spiro atoms. The molecule has 72 valence electrons. The lowest BCUT2D eigenvalue weighted by atomic mass is 10.0. The number of rotatable bonds is 5. The Hall–Kier alpha value is -1.72. The van der Waals surface area contributed by atoms with Gasteiger partial charge in [-0.15, -0.1) is 0 Å². The molecule has 1 atom stereocenters. The number of Topliss-reactive ketones (excluding diaryl/α,β-unsaturated/α-hetero) is 2. The molecule has 1 unspecified atom stereocenters. The normalized spacial score (nSPS) is 11.8. The second-order valence-electron chi connectivity index (χ2n) is 2.42. The second kappa shape index (κ2) is 4.34. The first-order chi connectivity index (χ1) is 5.86. The molecular weight excluding hydrogens is 180 g/mol. The summed E-state index contributed by atoms with van der Waals surface area (Å²) in [6.07, 6.45) is -0.962. The zero-order valence-electron chi connectivity index (χ0n) is 6.81. The lowest BCUT2D eigenvalue weighted by molar-refractivity contribution is -0.152. The zero-order valence-corrected chi connectivity index (χ0v) is 6.81. The van der Waals surface area contributed by atoms with Gasteiger partial charge in [0.25, 0.3) is 0 Å². The van der Waals surface area contributed by atoms with E-state index in [-0.39, 0.29) is 0 Å². The highest BCUT2D eigenvalue weighted by Crippen LogP contribution is 2.00. The number of carbonyl (C=O) groups is 4. The van der Waals surface area contributed by atoms with Gasteiger partial charge in [0.15, 0.2) is 0 Å². The van der Waals surface area contributed by atoms with Crippen molar-refractivity contribution >= 4 is 23.5 Å². The minimum atomic E-state index is -1.48. The molecule has 6 heteroatoms. The van der Waals surface area contributed by atoms with Gasteiger partial charge in [0, 0.05) is 0 Å². The van der Waals surface area contributed by atoms with E-state index >= 15 is 0 Å². The number of carboxylic acids is 2. The smallest absolute Gasteiger partial charge is 0.314 e. The molecule has 0 aromatic carbocycles. The van der Waals surface area contributed by atoms with Gasteiger partial charge in [-0.05, 0) is 6.92 Å². The van der Waals surface area contributed by atoms with Crippen LogP contribution in [0.1, 0.15) is 13.3 Å². The third-order valence-electron chi connectivity index (χ3n) is 1.35. The Labute approximate surface area is 73.2 Å². The van der Waals surface area contributed by atoms with Crippen molar-refractivity contribution in [2.24, 2.45) is 5.92 Å². The lowest BCUT2D eigenvalue weighted by Gasteiger charge is -2.01. The van der Waals surface area contributed by atoms with Crippen molar-refractivity contribution in [3.8, 4) is 0 Å². The van der Waals surface area contributed by atoms with Crippen molar-refractivity contribution in [2.45, 2.75) is 13.3 Å². The largest absolute Gasteiger partial charge is 0.481 e. The van der Waals surface area contributed by atoms with E-state index in [4.69, 9.17) is 10.2 Å². The van der Waals surface area contributed by atoms with E-state index in [1.54, 1.807) is 0 Å². The Balaban J connectivity index is 4.35. The quantitative estimate of drug-likeness (QED) is 0.437. The number of hydrogen-bond donors (Lipinski definition) is 2. The summed E-state index contributed by atoms with van der Waals surface area (Å²) in [7, 11) is 0. The van der Waals surface area contributed by atoms with E-state index in [1.807, 2.05) is 0 Å². The monoisotopic (exact) mass is 188 g/mol. The SMILES string of the molecule is CC(C(=O)O)C(=O)C(=O)CC(=O)O. The van der Waals surface area contributed by atoms with Gasteiger partial charge in [0.1, 0.15) is 12.3 Å². The summed E-state index contributed by atoms with van der Waals surface area (Å²) in [5.74, 6) is -6.75. The van der Waals surface area contributed by atoms with Crippen LogP contribution in [0.5, 0.6) is 0 Å². The Morgan fingerprint density at radius 2 is 1.62 bits per heavy atom. The van der Waals surface area contributed by atoms with Gasteiger partial charge in [-0.1, -0.05) is 0 Å². The van der Waals surface area contributed by atoms with Crippen molar-refractivity contribution in [2.75, 3.05) is 0 Å². The van der Waals surface area contributed by atoms with Gasteiger partial charge in [-0.2, -0.15) is 0 Å². The summed E-state index contributed by atoms with van der Waals surface area (Å²) in [4.78, 5) is 41.7. The minimum Gasteiger partial charge on any atom is -0.481 e. The molecular formula is C7H8O6. The van der Waals surface area contributed by atoms with E-state index in [0.717, 1.165) is 6.92 Å². The van der Waals surface area contributed by atoms with Gasteiger partial charge >= 0.3 is 11.9 Å². The summed E-state index contributed by atoms with van der Waals surface area (Å²) in [6.45, 7) is 1.03. The highest BCUT2D eigenvalue weighted by molar-refractivity contribution is 6.43. The lowest BCUT2D eigenvalue weighted by Crippen LogP contribution is -2.29. The molecule has 0 aliphatic heterocycles. The molecule has 0 aromatic rings. The summed E-state index contributed by atoms with van der Waals surface area (Å²) < 4.78 is 0.